The first-order chi connectivity index (χ1) is 9.18. The van der Waals surface area contributed by atoms with E-state index >= 15 is 0 Å². The maximum absolute atomic E-state index is 12.0. The Morgan fingerprint density at radius 3 is 2.55 bits per heavy atom. The van der Waals surface area contributed by atoms with Crippen molar-refractivity contribution in [3.8, 4) is 0 Å². The molecule has 0 saturated carbocycles. The van der Waals surface area contributed by atoms with E-state index in [0.29, 0.717) is 10.6 Å². The van der Waals surface area contributed by atoms with Crippen molar-refractivity contribution in [3.05, 3.63) is 27.8 Å². The molecule has 1 amide bonds. The zero-order valence-corrected chi connectivity index (χ0v) is 13.4. The highest BCUT2D eigenvalue weighted by Crippen LogP contribution is 2.45. The molecule has 1 aliphatic rings. The molecule has 3 nitrogen and oxygen atoms in total. The number of halogens is 1. The summed E-state index contributed by atoms with van der Waals surface area (Å²) >= 11 is 6.41. The van der Waals surface area contributed by atoms with Gasteiger partial charge in [-0.05, 0) is 36.0 Å². The Balaban J connectivity index is 2.61. The SMILES string of the molecule is CCC1C(=O)Nc2c1cc(C(O)C(C)(C)C)c(Cl)c2C. The van der Waals surface area contributed by atoms with E-state index < -0.39 is 6.10 Å². The van der Waals surface area contributed by atoms with Crippen molar-refractivity contribution < 1.29 is 9.90 Å². The van der Waals surface area contributed by atoms with Crippen LogP contribution in [-0.4, -0.2) is 11.0 Å². The Bertz CT molecular complexity index is 561. The van der Waals surface area contributed by atoms with Crippen LogP contribution in [0.1, 0.15) is 62.8 Å². The molecule has 0 bridgehead atoms. The summed E-state index contributed by atoms with van der Waals surface area (Å²) in [6.07, 6.45) is 0.0810. The van der Waals surface area contributed by atoms with Crippen molar-refractivity contribution in [3.63, 3.8) is 0 Å². The second-order valence-corrected chi connectivity index (χ2v) is 6.97. The minimum Gasteiger partial charge on any atom is -0.388 e. The second-order valence-electron chi connectivity index (χ2n) is 6.59. The molecule has 110 valence electrons. The first kappa shape index (κ1) is 15.3. The van der Waals surface area contributed by atoms with E-state index in [2.05, 4.69) is 5.32 Å². The van der Waals surface area contributed by atoms with E-state index in [4.69, 9.17) is 11.6 Å². The van der Waals surface area contributed by atoms with Crippen molar-refractivity contribution in [2.75, 3.05) is 5.32 Å². The standard InChI is InChI=1S/C16H22ClNO2/c1-6-9-10-7-11(14(19)16(3,4)5)12(17)8(2)13(10)18-15(9)20/h7,9,14,19H,6H2,1-5H3,(H,18,20). The number of anilines is 1. The smallest absolute Gasteiger partial charge is 0.232 e. The van der Waals surface area contributed by atoms with Crippen molar-refractivity contribution in [1.29, 1.82) is 0 Å². The molecule has 0 spiro atoms. The van der Waals surface area contributed by atoms with Crippen LogP contribution in [0, 0.1) is 12.3 Å². The van der Waals surface area contributed by atoms with E-state index in [1.807, 2.05) is 40.7 Å². The number of amides is 1. The molecule has 1 aromatic carbocycles. The number of carbonyl (C=O) groups is 1. The topological polar surface area (TPSA) is 49.3 Å². The van der Waals surface area contributed by atoms with E-state index in [1.165, 1.54) is 0 Å². The van der Waals surface area contributed by atoms with Crippen LogP contribution >= 0.6 is 11.6 Å². The molecule has 20 heavy (non-hydrogen) atoms. The summed E-state index contributed by atoms with van der Waals surface area (Å²) in [6, 6.07) is 1.90. The third-order valence-electron chi connectivity index (χ3n) is 4.02. The Morgan fingerprint density at radius 2 is 2.05 bits per heavy atom. The normalized spacial score (nSPS) is 19.8. The lowest BCUT2D eigenvalue weighted by molar-refractivity contribution is -0.117. The van der Waals surface area contributed by atoms with Gasteiger partial charge in [-0.2, -0.15) is 0 Å². The molecule has 0 radical (unpaired) electrons. The average molecular weight is 296 g/mol. The summed E-state index contributed by atoms with van der Waals surface area (Å²) < 4.78 is 0. The van der Waals surface area contributed by atoms with Crippen LogP contribution in [-0.2, 0) is 4.79 Å². The molecular formula is C16H22ClNO2. The van der Waals surface area contributed by atoms with Crippen LogP contribution in [0.15, 0.2) is 6.07 Å². The molecule has 0 saturated heterocycles. The van der Waals surface area contributed by atoms with Crippen LogP contribution in [0.2, 0.25) is 5.02 Å². The highest BCUT2D eigenvalue weighted by atomic mass is 35.5. The molecule has 0 aromatic heterocycles. The third-order valence-corrected chi connectivity index (χ3v) is 4.52. The zero-order valence-electron chi connectivity index (χ0n) is 12.7. The maximum atomic E-state index is 12.0. The fourth-order valence-corrected chi connectivity index (χ4v) is 2.96. The summed E-state index contributed by atoms with van der Waals surface area (Å²) in [6.45, 7) is 9.79. The minimum absolute atomic E-state index is 0.0177. The van der Waals surface area contributed by atoms with Crippen LogP contribution in [0.25, 0.3) is 0 Å². The lowest BCUT2D eigenvalue weighted by atomic mass is 9.82. The van der Waals surface area contributed by atoms with Gasteiger partial charge < -0.3 is 10.4 Å². The fraction of sp³-hybridized carbons (Fsp3) is 0.562. The maximum Gasteiger partial charge on any atom is 0.232 e. The first-order valence-corrected chi connectivity index (χ1v) is 7.38. The Morgan fingerprint density at radius 1 is 1.45 bits per heavy atom. The van der Waals surface area contributed by atoms with Crippen molar-refractivity contribution >= 4 is 23.2 Å². The highest BCUT2D eigenvalue weighted by Gasteiger charge is 2.34. The van der Waals surface area contributed by atoms with Gasteiger partial charge >= 0.3 is 0 Å². The number of carbonyl (C=O) groups excluding carboxylic acids is 1. The van der Waals surface area contributed by atoms with Gasteiger partial charge in [-0.1, -0.05) is 39.3 Å². The van der Waals surface area contributed by atoms with Gasteiger partial charge in [0.2, 0.25) is 5.91 Å². The Labute approximate surface area is 125 Å². The van der Waals surface area contributed by atoms with Gasteiger partial charge in [0.1, 0.15) is 0 Å². The van der Waals surface area contributed by atoms with Crippen molar-refractivity contribution in [1.82, 2.24) is 0 Å². The van der Waals surface area contributed by atoms with Gasteiger partial charge in [0.25, 0.3) is 0 Å². The molecule has 2 N–H and O–H groups in total. The van der Waals surface area contributed by atoms with Crippen LogP contribution < -0.4 is 5.32 Å². The number of benzene rings is 1. The Hall–Kier alpha value is -1.06. The predicted octanol–water partition coefficient (Wildman–Crippen LogP) is 4.17. The monoisotopic (exact) mass is 295 g/mol. The lowest BCUT2D eigenvalue weighted by Gasteiger charge is -2.28. The van der Waals surface area contributed by atoms with E-state index in [1.54, 1.807) is 0 Å². The number of fused-ring (bicyclic) bond motifs is 1. The van der Waals surface area contributed by atoms with Crippen LogP contribution in [0.3, 0.4) is 0 Å². The fourth-order valence-electron chi connectivity index (χ4n) is 2.71. The summed E-state index contributed by atoms with van der Waals surface area (Å²) in [5, 5.41) is 14.0. The summed E-state index contributed by atoms with van der Waals surface area (Å²) in [7, 11) is 0. The molecule has 4 heteroatoms. The number of aliphatic hydroxyl groups excluding tert-OH is 1. The summed E-state index contributed by atoms with van der Waals surface area (Å²) in [5.41, 5.74) is 3.02. The van der Waals surface area contributed by atoms with Gasteiger partial charge in [0.15, 0.2) is 0 Å². The molecule has 2 unspecified atom stereocenters. The Kier molecular flexibility index (Phi) is 3.87. The number of rotatable bonds is 2. The van der Waals surface area contributed by atoms with Crippen molar-refractivity contribution in [2.24, 2.45) is 5.41 Å². The van der Waals surface area contributed by atoms with Gasteiger partial charge in [-0.15, -0.1) is 0 Å². The third kappa shape index (κ3) is 2.33. The van der Waals surface area contributed by atoms with Crippen LogP contribution in [0.5, 0.6) is 0 Å². The molecule has 1 aliphatic heterocycles. The van der Waals surface area contributed by atoms with Gasteiger partial charge in [0.05, 0.1) is 17.0 Å². The van der Waals surface area contributed by atoms with E-state index in [0.717, 1.165) is 23.2 Å². The molecular weight excluding hydrogens is 274 g/mol. The number of hydrogen-bond acceptors (Lipinski definition) is 2. The molecule has 0 fully saturated rings. The van der Waals surface area contributed by atoms with Crippen molar-refractivity contribution in [2.45, 2.75) is 53.1 Å². The molecule has 1 heterocycles. The summed E-state index contributed by atoms with van der Waals surface area (Å²) in [4.78, 5) is 12.0. The largest absolute Gasteiger partial charge is 0.388 e. The number of aliphatic hydroxyl groups is 1. The molecule has 2 atom stereocenters. The number of nitrogens with one attached hydrogen (secondary N) is 1. The van der Waals surface area contributed by atoms with Crippen LogP contribution in [0.4, 0.5) is 5.69 Å². The quantitative estimate of drug-likeness (QED) is 0.860. The van der Waals surface area contributed by atoms with Gasteiger partial charge in [-0.3, -0.25) is 4.79 Å². The van der Waals surface area contributed by atoms with E-state index in [-0.39, 0.29) is 17.2 Å². The predicted molar refractivity (Wildman–Crippen MR) is 82.3 cm³/mol. The minimum atomic E-state index is -0.660. The molecule has 1 aromatic rings. The molecule has 2 rings (SSSR count). The first-order valence-electron chi connectivity index (χ1n) is 7.00. The van der Waals surface area contributed by atoms with Gasteiger partial charge in [0, 0.05) is 11.3 Å². The average Bonchev–Trinajstić information content (AvgIpc) is 2.67. The summed E-state index contributed by atoms with van der Waals surface area (Å²) in [5.74, 6) is -0.129. The van der Waals surface area contributed by atoms with E-state index in [9.17, 15) is 9.90 Å². The lowest BCUT2D eigenvalue weighted by Crippen LogP contribution is -2.18. The second kappa shape index (κ2) is 5.05. The van der Waals surface area contributed by atoms with Gasteiger partial charge in [-0.25, -0.2) is 0 Å². The molecule has 0 aliphatic carbocycles. The number of hydrogen-bond donors (Lipinski definition) is 2. The highest BCUT2D eigenvalue weighted by molar-refractivity contribution is 6.33. The zero-order chi connectivity index (χ0) is 15.2.